The van der Waals surface area contributed by atoms with Crippen LogP contribution in [0.25, 0.3) is 28.0 Å². The molecule has 0 aliphatic carbocycles. The summed E-state index contributed by atoms with van der Waals surface area (Å²) in [4.78, 5) is 3.26. The molecule has 2 aromatic heterocycles. The van der Waals surface area contributed by atoms with E-state index in [1.807, 2.05) is 59.3 Å². The van der Waals surface area contributed by atoms with Crippen LogP contribution in [0, 0.1) is 0 Å². The minimum Gasteiger partial charge on any atom is -0.740 e. The third-order valence-electron chi connectivity index (χ3n) is 3.48. The zero-order valence-corrected chi connectivity index (χ0v) is 11.8. The maximum absolute atomic E-state index is 5.33. The monoisotopic (exact) mass is 291 g/mol. The average molecular weight is 291 g/mol. The Kier molecular flexibility index (Phi) is 2.72. The van der Waals surface area contributed by atoms with E-state index in [-0.39, 0.29) is 0 Å². The number of aromatic nitrogens is 4. The van der Waals surface area contributed by atoms with Gasteiger partial charge in [-0.1, -0.05) is 36.4 Å². The lowest BCUT2D eigenvalue weighted by Gasteiger charge is -2.12. The van der Waals surface area contributed by atoms with Gasteiger partial charge >= 0.3 is 0 Å². The van der Waals surface area contributed by atoms with E-state index in [0.717, 1.165) is 28.0 Å². The second-order valence-corrected chi connectivity index (χ2v) is 5.09. The predicted molar refractivity (Wildman–Crippen MR) is 84.3 cm³/mol. The van der Waals surface area contributed by atoms with Crippen molar-refractivity contribution in [2.24, 2.45) is 0 Å². The van der Waals surface area contributed by atoms with Gasteiger partial charge in [0, 0.05) is 33.5 Å². The summed E-state index contributed by atoms with van der Waals surface area (Å²) in [6, 6.07) is 18.0. The summed E-state index contributed by atoms with van der Waals surface area (Å²) in [7, 11) is 0. The van der Waals surface area contributed by atoms with Crippen LogP contribution in [0.15, 0.2) is 66.0 Å². The molecule has 4 aromatic rings. The molecule has 0 unspecified atom stereocenters. The molecule has 5 heteroatoms. The fourth-order valence-corrected chi connectivity index (χ4v) is 2.74. The van der Waals surface area contributed by atoms with E-state index in [1.165, 1.54) is 0 Å². The van der Waals surface area contributed by atoms with E-state index in [4.69, 9.17) is 12.6 Å². The van der Waals surface area contributed by atoms with Crippen molar-refractivity contribution in [3.8, 4) is 17.1 Å². The summed E-state index contributed by atoms with van der Waals surface area (Å²) in [5.74, 6) is 0.753. The minimum absolute atomic E-state index is 0.460. The molecule has 0 saturated heterocycles. The topological polar surface area (TPSA) is 46.5 Å². The molecule has 0 atom stereocenters. The zero-order valence-electron chi connectivity index (χ0n) is 11.0. The van der Waals surface area contributed by atoms with Crippen LogP contribution < -0.4 is 0 Å². The third-order valence-corrected chi connectivity index (χ3v) is 3.74. The standard InChI is InChI=1S/C16H12N4S/c21-16-19-18-15(20(16)11-6-2-1-3-7-11)13-10-17-14-9-5-4-8-12(13)14/h1-10,17H,(H,19,21)/p-1. The van der Waals surface area contributed by atoms with E-state index in [9.17, 15) is 0 Å². The van der Waals surface area contributed by atoms with Gasteiger partial charge < -0.3 is 17.6 Å². The Bertz CT molecular complexity index is 908. The van der Waals surface area contributed by atoms with Gasteiger partial charge in [-0.05, 0) is 18.2 Å². The molecule has 4 nitrogen and oxygen atoms in total. The summed E-state index contributed by atoms with van der Waals surface area (Å²) >= 11 is 5.33. The molecular formula is C16H11N4S-. The number of hydrogen-bond donors (Lipinski definition) is 1. The Morgan fingerprint density at radius 1 is 0.905 bits per heavy atom. The summed E-state index contributed by atoms with van der Waals surface area (Å²) in [6.07, 6.45) is 1.95. The predicted octanol–water partition coefficient (Wildman–Crippen LogP) is 3.32. The molecule has 0 bridgehead atoms. The van der Waals surface area contributed by atoms with E-state index in [2.05, 4.69) is 21.2 Å². The fraction of sp³-hybridized carbons (Fsp3) is 0. The molecular weight excluding hydrogens is 280 g/mol. The highest BCUT2D eigenvalue weighted by molar-refractivity contribution is 7.58. The van der Waals surface area contributed by atoms with Gasteiger partial charge in [0.05, 0.1) is 0 Å². The van der Waals surface area contributed by atoms with Crippen molar-refractivity contribution in [1.82, 2.24) is 19.7 Å². The molecule has 102 valence electrons. The smallest absolute Gasteiger partial charge is 0.169 e. The molecule has 0 fully saturated rings. The largest absolute Gasteiger partial charge is 0.740 e. The normalized spacial score (nSPS) is 11.0. The highest BCUT2D eigenvalue weighted by Crippen LogP contribution is 2.29. The molecule has 0 saturated carbocycles. The maximum Gasteiger partial charge on any atom is 0.169 e. The summed E-state index contributed by atoms with van der Waals surface area (Å²) < 4.78 is 1.89. The number of nitrogens with zero attached hydrogens (tertiary/aromatic N) is 3. The molecule has 0 amide bonds. The Balaban J connectivity index is 1.98. The third kappa shape index (κ3) is 1.90. The van der Waals surface area contributed by atoms with Crippen LogP contribution in [-0.2, 0) is 12.6 Å². The van der Waals surface area contributed by atoms with E-state index >= 15 is 0 Å². The first-order valence-electron chi connectivity index (χ1n) is 6.59. The zero-order chi connectivity index (χ0) is 14.2. The maximum atomic E-state index is 5.33. The molecule has 0 aliphatic rings. The van der Waals surface area contributed by atoms with Gasteiger partial charge in [-0.15, -0.1) is 5.10 Å². The number of hydrogen-bond acceptors (Lipinski definition) is 3. The molecule has 4 rings (SSSR count). The quantitative estimate of drug-likeness (QED) is 0.576. The Hall–Kier alpha value is -2.66. The second kappa shape index (κ2) is 4.71. The van der Waals surface area contributed by atoms with Crippen LogP contribution in [0.1, 0.15) is 0 Å². The number of benzene rings is 2. The summed E-state index contributed by atoms with van der Waals surface area (Å²) in [6.45, 7) is 0. The molecule has 1 N–H and O–H groups in total. The van der Waals surface area contributed by atoms with Crippen molar-refractivity contribution >= 4 is 23.5 Å². The highest BCUT2D eigenvalue weighted by Gasteiger charge is 2.13. The van der Waals surface area contributed by atoms with Crippen molar-refractivity contribution < 1.29 is 0 Å². The van der Waals surface area contributed by atoms with Crippen molar-refractivity contribution in [1.29, 1.82) is 0 Å². The lowest BCUT2D eigenvalue weighted by Crippen LogP contribution is -1.98. The number of aromatic amines is 1. The van der Waals surface area contributed by atoms with Crippen LogP contribution in [-0.4, -0.2) is 19.7 Å². The first-order chi connectivity index (χ1) is 10.3. The van der Waals surface area contributed by atoms with Crippen LogP contribution >= 0.6 is 0 Å². The van der Waals surface area contributed by atoms with E-state index in [1.54, 1.807) is 0 Å². The van der Waals surface area contributed by atoms with Gasteiger partial charge in [0.1, 0.15) is 0 Å². The Morgan fingerprint density at radius 3 is 2.52 bits per heavy atom. The van der Waals surface area contributed by atoms with Crippen molar-refractivity contribution in [3.63, 3.8) is 0 Å². The fourth-order valence-electron chi connectivity index (χ4n) is 2.51. The Labute approximate surface area is 126 Å². The van der Waals surface area contributed by atoms with Gasteiger partial charge in [0.15, 0.2) is 5.82 Å². The molecule has 0 spiro atoms. The lowest BCUT2D eigenvalue weighted by atomic mass is 10.1. The minimum atomic E-state index is 0.460. The number of H-pyrrole nitrogens is 1. The van der Waals surface area contributed by atoms with Crippen LogP contribution in [0.2, 0.25) is 0 Å². The van der Waals surface area contributed by atoms with Crippen molar-refractivity contribution in [2.45, 2.75) is 5.16 Å². The van der Waals surface area contributed by atoms with Crippen LogP contribution in [0.5, 0.6) is 0 Å². The highest BCUT2D eigenvalue weighted by atomic mass is 32.1. The van der Waals surface area contributed by atoms with Gasteiger partial charge in [-0.3, -0.25) is 4.57 Å². The first-order valence-corrected chi connectivity index (χ1v) is 7.00. The number of fused-ring (bicyclic) bond motifs is 1. The second-order valence-electron chi connectivity index (χ2n) is 4.73. The number of nitrogens with one attached hydrogen (secondary N) is 1. The summed E-state index contributed by atoms with van der Waals surface area (Å²) in [5.41, 5.74) is 3.03. The van der Waals surface area contributed by atoms with Gasteiger partial charge in [-0.25, -0.2) is 0 Å². The average Bonchev–Trinajstić information content (AvgIpc) is 3.11. The molecule has 0 aliphatic heterocycles. The van der Waals surface area contributed by atoms with E-state index < -0.39 is 0 Å². The van der Waals surface area contributed by atoms with E-state index in [0.29, 0.717) is 5.16 Å². The molecule has 2 heterocycles. The van der Waals surface area contributed by atoms with Gasteiger partial charge in [0.25, 0.3) is 0 Å². The number of rotatable bonds is 2. The van der Waals surface area contributed by atoms with Crippen LogP contribution in [0.4, 0.5) is 0 Å². The SMILES string of the molecule is [S-]c1nnc(-c2c[nH]c3ccccc23)n1-c1ccccc1. The number of para-hydroxylation sites is 2. The Morgan fingerprint density at radius 2 is 1.67 bits per heavy atom. The molecule has 2 aromatic carbocycles. The molecule has 21 heavy (non-hydrogen) atoms. The van der Waals surface area contributed by atoms with Gasteiger partial charge in [-0.2, -0.15) is 5.10 Å². The van der Waals surface area contributed by atoms with Gasteiger partial charge in [0.2, 0.25) is 0 Å². The van der Waals surface area contributed by atoms with Crippen molar-refractivity contribution in [3.05, 3.63) is 60.8 Å². The van der Waals surface area contributed by atoms with Crippen molar-refractivity contribution in [2.75, 3.05) is 0 Å². The summed E-state index contributed by atoms with van der Waals surface area (Å²) in [5, 5.41) is 9.91. The molecule has 0 radical (unpaired) electrons. The first kappa shape index (κ1) is 12.1. The van der Waals surface area contributed by atoms with Crippen LogP contribution in [0.3, 0.4) is 0 Å². The lowest BCUT2D eigenvalue weighted by molar-refractivity contribution is 0.891.